The summed E-state index contributed by atoms with van der Waals surface area (Å²) in [6.07, 6.45) is 3.29. The maximum Gasteiger partial charge on any atom is 0.272 e. The summed E-state index contributed by atoms with van der Waals surface area (Å²) in [6.45, 7) is 1.32. The molecular formula is C13H13Cl2N5O. The molecular weight excluding hydrogens is 313 g/mol. The highest BCUT2D eigenvalue weighted by atomic mass is 35.5. The summed E-state index contributed by atoms with van der Waals surface area (Å²) in [6, 6.07) is 3.40. The number of carbonyl (C=O) groups is 1. The predicted octanol–water partition coefficient (Wildman–Crippen LogP) is 1.74. The molecule has 110 valence electrons. The van der Waals surface area contributed by atoms with Crippen LogP contribution in [0, 0.1) is 0 Å². The fourth-order valence-corrected chi connectivity index (χ4v) is 2.68. The average molecular weight is 326 g/mol. The van der Waals surface area contributed by atoms with Crippen LogP contribution in [0.5, 0.6) is 0 Å². The van der Waals surface area contributed by atoms with Crippen LogP contribution in [0.2, 0.25) is 10.0 Å². The molecule has 2 aromatic heterocycles. The largest absolute Gasteiger partial charge is 0.351 e. The molecule has 0 aromatic carbocycles. The minimum atomic E-state index is -0.171. The summed E-state index contributed by atoms with van der Waals surface area (Å²) in [5.41, 5.74) is 0.415. The summed E-state index contributed by atoms with van der Waals surface area (Å²) in [4.78, 5) is 18.1. The molecule has 1 N–H and O–H groups in total. The molecule has 1 aliphatic heterocycles. The van der Waals surface area contributed by atoms with Crippen molar-refractivity contribution in [2.75, 3.05) is 18.0 Å². The van der Waals surface area contributed by atoms with Crippen molar-refractivity contribution in [3.8, 4) is 0 Å². The van der Waals surface area contributed by atoms with E-state index in [9.17, 15) is 4.79 Å². The number of hydrogen-bond acceptors (Lipinski definition) is 4. The van der Waals surface area contributed by atoms with Crippen molar-refractivity contribution in [1.29, 1.82) is 0 Å². The van der Waals surface area contributed by atoms with Crippen LogP contribution < -0.4 is 10.2 Å². The Bertz CT molecular complexity index is 681. The van der Waals surface area contributed by atoms with Crippen molar-refractivity contribution >= 4 is 34.9 Å². The third-order valence-corrected chi connectivity index (χ3v) is 3.74. The van der Waals surface area contributed by atoms with Crippen LogP contribution in [0.4, 0.5) is 5.82 Å². The number of anilines is 1. The molecule has 0 unspecified atom stereocenters. The lowest BCUT2D eigenvalue weighted by Crippen LogP contribution is -2.59. The van der Waals surface area contributed by atoms with Gasteiger partial charge in [-0.15, -0.1) is 0 Å². The van der Waals surface area contributed by atoms with Crippen LogP contribution in [0.15, 0.2) is 24.5 Å². The Labute approximate surface area is 131 Å². The number of aryl methyl sites for hydroxylation is 1. The maximum atomic E-state index is 12.0. The number of amides is 1. The molecule has 6 nitrogen and oxygen atoms in total. The average Bonchev–Trinajstić information content (AvgIpc) is 2.81. The van der Waals surface area contributed by atoms with E-state index in [1.165, 1.54) is 0 Å². The molecule has 0 atom stereocenters. The van der Waals surface area contributed by atoms with Crippen LogP contribution in [0.25, 0.3) is 0 Å². The molecule has 0 bridgehead atoms. The first-order chi connectivity index (χ1) is 10.0. The van der Waals surface area contributed by atoms with Crippen LogP contribution in [-0.2, 0) is 7.05 Å². The molecule has 0 aliphatic carbocycles. The smallest absolute Gasteiger partial charge is 0.272 e. The number of aromatic nitrogens is 3. The topological polar surface area (TPSA) is 63.1 Å². The van der Waals surface area contributed by atoms with Crippen molar-refractivity contribution in [2.24, 2.45) is 7.05 Å². The van der Waals surface area contributed by atoms with E-state index in [1.807, 2.05) is 4.90 Å². The van der Waals surface area contributed by atoms with E-state index in [-0.39, 0.29) is 11.9 Å². The zero-order chi connectivity index (χ0) is 15.0. The van der Waals surface area contributed by atoms with E-state index < -0.39 is 0 Å². The Balaban J connectivity index is 1.57. The van der Waals surface area contributed by atoms with E-state index in [1.54, 1.807) is 36.3 Å². The second kappa shape index (κ2) is 5.54. The van der Waals surface area contributed by atoms with Gasteiger partial charge in [0, 0.05) is 32.5 Å². The Morgan fingerprint density at radius 1 is 1.43 bits per heavy atom. The first kappa shape index (κ1) is 14.2. The molecule has 21 heavy (non-hydrogen) atoms. The third-order valence-electron chi connectivity index (χ3n) is 3.25. The maximum absolute atomic E-state index is 12.0. The van der Waals surface area contributed by atoms with Crippen molar-refractivity contribution in [3.63, 3.8) is 0 Å². The highest BCUT2D eigenvalue weighted by Gasteiger charge is 2.30. The first-order valence-corrected chi connectivity index (χ1v) is 7.15. The van der Waals surface area contributed by atoms with E-state index >= 15 is 0 Å². The quantitative estimate of drug-likeness (QED) is 0.933. The molecule has 1 saturated heterocycles. The van der Waals surface area contributed by atoms with Gasteiger partial charge in [-0.2, -0.15) is 5.10 Å². The first-order valence-electron chi connectivity index (χ1n) is 6.39. The number of pyridine rings is 1. The number of carbonyl (C=O) groups excluding carboxylic acids is 1. The molecule has 3 rings (SSSR count). The summed E-state index contributed by atoms with van der Waals surface area (Å²) in [7, 11) is 1.77. The Morgan fingerprint density at radius 3 is 2.81 bits per heavy atom. The van der Waals surface area contributed by atoms with E-state index in [4.69, 9.17) is 23.2 Å². The molecule has 0 saturated carbocycles. The Hall–Kier alpha value is -1.79. The molecule has 8 heteroatoms. The van der Waals surface area contributed by atoms with Gasteiger partial charge in [-0.3, -0.25) is 9.48 Å². The molecule has 3 heterocycles. The second-order valence-corrected chi connectivity index (χ2v) is 5.75. The summed E-state index contributed by atoms with van der Waals surface area (Å²) in [5.74, 6) is 0.514. The minimum Gasteiger partial charge on any atom is -0.351 e. The monoisotopic (exact) mass is 325 g/mol. The standard InChI is InChI=1S/C13H13Cl2N5O/c1-19-3-2-11(18-19)13(21)17-9-6-20(7-9)12-10(15)4-8(14)5-16-12/h2-5,9H,6-7H2,1H3,(H,17,21). The van der Waals surface area contributed by atoms with Crippen LogP contribution in [0.1, 0.15) is 10.5 Å². The van der Waals surface area contributed by atoms with Gasteiger partial charge >= 0.3 is 0 Å². The van der Waals surface area contributed by atoms with Gasteiger partial charge in [0.25, 0.3) is 5.91 Å². The predicted molar refractivity (Wildman–Crippen MR) is 80.9 cm³/mol. The van der Waals surface area contributed by atoms with Crippen LogP contribution in [-0.4, -0.2) is 39.8 Å². The number of nitrogens with one attached hydrogen (secondary N) is 1. The van der Waals surface area contributed by atoms with Gasteiger partial charge in [-0.05, 0) is 12.1 Å². The number of halogens is 2. The normalized spacial score (nSPS) is 14.9. The van der Waals surface area contributed by atoms with Crippen molar-refractivity contribution in [2.45, 2.75) is 6.04 Å². The zero-order valence-electron chi connectivity index (χ0n) is 11.3. The van der Waals surface area contributed by atoms with Gasteiger partial charge in [0.1, 0.15) is 11.5 Å². The number of nitrogens with zero attached hydrogens (tertiary/aromatic N) is 4. The van der Waals surface area contributed by atoms with Gasteiger partial charge in [-0.1, -0.05) is 23.2 Å². The molecule has 0 radical (unpaired) electrons. The molecule has 1 aliphatic rings. The zero-order valence-corrected chi connectivity index (χ0v) is 12.8. The van der Waals surface area contributed by atoms with E-state index in [2.05, 4.69) is 15.4 Å². The van der Waals surface area contributed by atoms with Gasteiger partial charge in [0.2, 0.25) is 0 Å². The molecule has 2 aromatic rings. The summed E-state index contributed by atoms with van der Waals surface area (Å²) in [5, 5.41) is 8.00. The number of hydrogen-bond donors (Lipinski definition) is 1. The third kappa shape index (κ3) is 2.96. The highest BCUT2D eigenvalue weighted by molar-refractivity contribution is 6.36. The fraction of sp³-hybridized carbons (Fsp3) is 0.308. The lowest BCUT2D eigenvalue weighted by molar-refractivity contribution is 0.0924. The van der Waals surface area contributed by atoms with Gasteiger partial charge < -0.3 is 10.2 Å². The second-order valence-electron chi connectivity index (χ2n) is 4.91. The van der Waals surface area contributed by atoms with Crippen LogP contribution in [0.3, 0.4) is 0 Å². The SMILES string of the molecule is Cn1ccc(C(=O)NC2CN(c3ncc(Cl)cc3Cl)C2)n1. The van der Waals surface area contributed by atoms with Gasteiger partial charge in [0.15, 0.2) is 0 Å². The fourth-order valence-electron chi connectivity index (χ4n) is 2.18. The van der Waals surface area contributed by atoms with Gasteiger partial charge in [0.05, 0.1) is 16.1 Å². The van der Waals surface area contributed by atoms with E-state index in [0.29, 0.717) is 34.6 Å². The van der Waals surface area contributed by atoms with Crippen molar-refractivity contribution in [1.82, 2.24) is 20.1 Å². The Kier molecular flexibility index (Phi) is 3.73. The highest BCUT2D eigenvalue weighted by Crippen LogP contribution is 2.29. The van der Waals surface area contributed by atoms with Gasteiger partial charge in [-0.25, -0.2) is 4.98 Å². The molecule has 1 amide bonds. The molecule has 0 spiro atoms. The summed E-state index contributed by atoms with van der Waals surface area (Å²) >= 11 is 11.9. The minimum absolute atomic E-state index is 0.0630. The lowest BCUT2D eigenvalue weighted by atomic mass is 10.1. The lowest BCUT2D eigenvalue weighted by Gasteiger charge is -2.40. The molecule has 1 fully saturated rings. The van der Waals surface area contributed by atoms with Crippen molar-refractivity contribution in [3.05, 3.63) is 40.3 Å². The van der Waals surface area contributed by atoms with Crippen molar-refractivity contribution < 1.29 is 4.79 Å². The van der Waals surface area contributed by atoms with Crippen LogP contribution >= 0.6 is 23.2 Å². The summed E-state index contributed by atoms with van der Waals surface area (Å²) < 4.78 is 1.60. The number of rotatable bonds is 3. The van der Waals surface area contributed by atoms with E-state index in [0.717, 1.165) is 0 Å². The Morgan fingerprint density at radius 2 is 2.19 bits per heavy atom.